The predicted molar refractivity (Wildman–Crippen MR) is 96.0 cm³/mol. The minimum absolute atomic E-state index is 0.227. The van der Waals surface area contributed by atoms with Crippen LogP contribution in [0.25, 0.3) is 0 Å². The van der Waals surface area contributed by atoms with Gasteiger partial charge in [-0.15, -0.1) is 0 Å². The number of ether oxygens (including phenoxy) is 2. The van der Waals surface area contributed by atoms with Gasteiger partial charge in [0, 0.05) is 5.69 Å². The largest absolute Gasteiger partial charge is 0.497 e. The molecule has 0 heterocycles. The summed E-state index contributed by atoms with van der Waals surface area (Å²) in [6.07, 6.45) is 0. The molecule has 25 heavy (non-hydrogen) atoms. The van der Waals surface area contributed by atoms with Crippen molar-refractivity contribution in [1.29, 1.82) is 0 Å². The molecule has 0 aromatic heterocycles. The van der Waals surface area contributed by atoms with Gasteiger partial charge in [-0.05, 0) is 49.7 Å². The Bertz CT molecular complexity index is 742. The van der Waals surface area contributed by atoms with Gasteiger partial charge in [-0.2, -0.15) is 0 Å². The van der Waals surface area contributed by atoms with Crippen LogP contribution in [0.3, 0.4) is 0 Å². The van der Waals surface area contributed by atoms with Crippen LogP contribution in [0.15, 0.2) is 42.5 Å². The summed E-state index contributed by atoms with van der Waals surface area (Å²) >= 11 is 0. The normalized spacial score (nSPS) is 10.0. The van der Waals surface area contributed by atoms with Gasteiger partial charge in [0.25, 0.3) is 0 Å². The molecular weight excluding hydrogens is 320 g/mol. The zero-order chi connectivity index (χ0) is 18.2. The maximum absolute atomic E-state index is 11.9. The zero-order valence-corrected chi connectivity index (χ0v) is 14.6. The van der Waals surface area contributed by atoms with E-state index in [0.29, 0.717) is 11.4 Å². The first-order valence-electron chi connectivity index (χ1n) is 7.93. The number of carbonyl (C=O) groups excluding carboxylic acids is 2. The molecule has 0 aliphatic carbocycles. The average molecular weight is 342 g/mol. The predicted octanol–water partition coefficient (Wildman–Crippen LogP) is 2.45. The highest BCUT2D eigenvalue weighted by atomic mass is 16.5. The molecule has 6 heteroatoms. The van der Waals surface area contributed by atoms with Crippen molar-refractivity contribution < 1.29 is 19.1 Å². The van der Waals surface area contributed by atoms with E-state index in [1.165, 1.54) is 0 Å². The Kier molecular flexibility index (Phi) is 6.39. The molecule has 0 aliphatic rings. The van der Waals surface area contributed by atoms with E-state index < -0.39 is 11.8 Å². The molecule has 0 saturated carbocycles. The van der Waals surface area contributed by atoms with Gasteiger partial charge in [0.15, 0.2) is 0 Å². The minimum Gasteiger partial charge on any atom is -0.497 e. The van der Waals surface area contributed by atoms with Crippen LogP contribution in [0, 0.1) is 13.8 Å². The summed E-state index contributed by atoms with van der Waals surface area (Å²) in [7, 11) is 1.59. The van der Waals surface area contributed by atoms with Gasteiger partial charge >= 0.3 is 11.8 Å². The number of hydrogen-bond donors (Lipinski definition) is 2. The molecule has 0 spiro atoms. The Morgan fingerprint density at radius 2 is 1.64 bits per heavy atom. The fourth-order valence-corrected chi connectivity index (χ4v) is 2.22. The zero-order valence-electron chi connectivity index (χ0n) is 14.6. The molecular formula is C19H22N2O4. The molecule has 0 atom stereocenters. The Hall–Kier alpha value is -3.02. The van der Waals surface area contributed by atoms with Gasteiger partial charge in [-0.25, -0.2) is 0 Å². The second-order valence-corrected chi connectivity index (χ2v) is 5.55. The van der Waals surface area contributed by atoms with Crippen molar-refractivity contribution in [3.8, 4) is 11.5 Å². The summed E-state index contributed by atoms with van der Waals surface area (Å²) in [6.45, 7) is 4.33. The molecule has 2 N–H and O–H groups in total. The van der Waals surface area contributed by atoms with E-state index >= 15 is 0 Å². The lowest BCUT2D eigenvalue weighted by molar-refractivity contribution is -0.136. The number of hydrogen-bond acceptors (Lipinski definition) is 4. The fraction of sp³-hybridized carbons (Fsp3) is 0.263. The second kappa shape index (κ2) is 8.73. The molecule has 132 valence electrons. The van der Waals surface area contributed by atoms with Crippen molar-refractivity contribution in [3.63, 3.8) is 0 Å². The quantitative estimate of drug-likeness (QED) is 0.624. The van der Waals surface area contributed by atoms with E-state index in [0.717, 1.165) is 16.9 Å². The number of anilines is 1. The van der Waals surface area contributed by atoms with Gasteiger partial charge in [0.2, 0.25) is 0 Å². The molecule has 2 aromatic carbocycles. The first-order chi connectivity index (χ1) is 12.0. The molecule has 0 saturated heterocycles. The van der Waals surface area contributed by atoms with Crippen LogP contribution in [-0.2, 0) is 9.59 Å². The number of nitrogens with one attached hydrogen (secondary N) is 2. The van der Waals surface area contributed by atoms with Crippen LogP contribution in [-0.4, -0.2) is 32.1 Å². The highest BCUT2D eigenvalue weighted by molar-refractivity contribution is 6.39. The standard InChI is InChI=1S/C19H22N2O4/c1-13-4-9-17(14(2)12-13)21-19(23)18(22)20-10-11-25-16-7-5-15(24-3)6-8-16/h4-9,12H,10-11H2,1-3H3,(H,20,22)(H,21,23). The summed E-state index contributed by atoms with van der Waals surface area (Å²) in [6, 6.07) is 12.7. The number of benzene rings is 2. The summed E-state index contributed by atoms with van der Waals surface area (Å²) in [4.78, 5) is 23.7. The van der Waals surface area contributed by atoms with Crippen molar-refractivity contribution >= 4 is 17.5 Å². The SMILES string of the molecule is COc1ccc(OCCNC(=O)C(=O)Nc2ccc(C)cc2C)cc1. The lowest BCUT2D eigenvalue weighted by atomic mass is 10.1. The van der Waals surface area contributed by atoms with Crippen LogP contribution in [0.5, 0.6) is 11.5 Å². The Labute approximate surface area is 147 Å². The van der Waals surface area contributed by atoms with Crippen molar-refractivity contribution in [2.75, 3.05) is 25.6 Å². The van der Waals surface area contributed by atoms with Crippen molar-refractivity contribution in [2.24, 2.45) is 0 Å². The Morgan fingerprint density at radius 3 is 2.28 bits per heavy atom. The van der Waals surface area contributed by atoms with Crippen molar-refractivity contribution in [2.45, 2.75) is 13.8 Å². The Balaban J connectivity index is 1.74. The second-order valence-electron chi connectivity index (χ2n) is 5.55. The molecule has 2 rings (SSSR count). The van der Waals surface area contributed by atoms with Crippen LogP contribution < -0.4 is 20.1 Å². The lowest BCUT2D eigenvalue weighted by Crippen LogP contribution is -2.37. The van der Waals surface area contributed by atoms with E-state index in [9.17, 15) is 9.59 Å². The van der Waals surface area contributed by atoms with E-state index in [-0.39, 0.29) is 13.2 Å². The average Bonchev–Trinajstić information content (AvgIpc) is 2.61. The molecule has 0 unspecified atom stereocenters. The molecule has 0 bridgehead atoms. The van der Waals surface area contributed by atoms with E-state index in [1.807, 2.05) is 26.0 Å². The number of aryl methyl sites for hydroxylation is 2. The molecule has 2 aromatic rings. The number of methoxy groups -OCH3 is 1. The first-order valence-corrected chi connectivity index (χ1v) is 7.93. The maximum atomic E-state index is 11.9. The van der Waals surface area contributed by atoms with Gasteiger partial charge in [0.05, 0.1) is 13.7 Å². The van der Waals surface area contributed by atoms with Crippen LogP contribution >= 0.6 is 0 Å². The van der Waals surface area contributed by atoms with Gasteiger partial charge in [0.1, 0.15) is 18.1 Å². The fourth-order valence-electron chi connectivity index (χ4n) is 2.22. The third kappa shape index (κ3) is 5.53. The first kappa shape index (κ1) is 18.3. The van der Waals surface area contributed by atoms with Crippen LogP contribution in [0.4, 0.5) is 5.69 Å². The van der Waals surface area contributed by atoms with Gasteiger partial charge in [-0.1, -0.05) is 17.7 Å². The van der Waals surface area contributed by atoms with Gasteiger partial charge < -0.3 is 20.1 Å². The van der Waals surface area contributed by atoms with Crippen LogP contribution in [0.1, 0.15) is 11.1 Å². The molecule has 0 radical (unpaired) electrons. The minimum atomic E-state index is -0.698. The number of amides is 2. The van der Waals surface area contributed by atoms with Crippen molar-refractivity contribution in [1.82, 2.24) is 5.32 Å². The highest BCUT2D eigenvalue weighted by Gasteiger charge is 2.14. The summed E-state index contributed by atoms with van der Waals surface area (Å²) in [5.74, 6) is 0.00760. The third-order valence-electron chi connectivity index (χ3n) is 3.55. The molecule has 0 aliphatic heterocycles. The molecule has 6 nitrogen and oxygen atoms in total. The number of carbonyl (C=O) groups is 2. The van der Waals surface area contributed by atoms with Crippen molar-refractivity contribution in [3.05, 3.63) is 53.6 Å². The number of rotatable bonds is 6. The maximum Gasteiger partial charge on any atom is 0.313 e. The monoisotopic (exact) mass is 342 g/mol. The molecule has 2 amide bonds. The lowest BCUT2D eigenvalue weighted by Gasteiger charge is -2.10. The van der Waals surface area contributed by atoms with Crippen LogP contribution in [0.2, 0.25) is 0 Å². The third-order valence-corrected chi connectivity index (χ3v) is 3.55. The highest BCUT2D eigenvalue weighted by Crippen LogP contribution is 2.17. The summed E-state index contributed by atoms with van der Waals surface area (Å²) in [5, 5.41) is 5.13. The van der Waals surface area contributed by atoms with E-state index in [4.69, 9.17) is 9.47 Å². The Morgan fingerprint density at radius 1 is 0.960 bits per heavy atom. The summed E-state index contributed by atoms with van der Waals surface area (Å²) in [5.41, 5.74) is 2.62. The summed E-state index contributed by atoms with van der Waals surface area (Å²) < 4.78 is 10.5. The van der Waals surface area contributed by atoms with Gasteiger partial charge in [-0.3, -0.25) is 9.59 Å². The topological polar surface area (TPSA) is 76.7 Å². The smallest absolute Gasteiger partial charge is 0.313 e. The van der Waals surface area contributed by atoms with E-state index in [1.54, 1.807) is 37.4 Å². The van der Waals surface area contributed by atoms with E-state index in [2.05, 4.69) is 10.6 Å². The molecule has 0 fully saturated rings.